The van der Waals surface area contributed by atoms with Crippen LogP contribution < -0.4 is 10.1 Å². The fourth-order valence-corrected chi connectivity index (χ4v) is 2.20. The van der Waals surface area contributed by atoms with Gasteiger partial charge in [0.2, 0.25) is 5.91 Å². The van der Waals surface area contributed by atoms with E-state index in [0.717, 1.165) is 17.7 Å². The molecule has 1 aliphatic rings. The van der Waals surface area contributed by atoms with Gasteiger partial charge in [0, 0.05) is 24.0 Å². The van der Waals surface area contributed by atoms with Crippen LogP contribution in [-0.4, -0.2) is 15.9 Å². The first kappa shape index (κ1) is 13.5. The lowest BCUT2D eigenvalue weighted by Gasteiger charge is -2.10. The van der Waals surface area contributed by atoms with Crippen LogP contribution in [0.15, 0.2) is 36.7 Å². The quantitative estimate of drug-likeness (QED) is 0.936. The average Bonchev–Trinajstić information content (AvgIpc) is 3.20. The van der Waals surface area contributed by atoms with Gasteiger partial charge in [-0.05, 0) is 49.1 Å². The molecule has 0 bridgehead atoms. The minimum absolute atomic E-state index is 0.102. The molecule has 0 radical (unpaired) electrons. The molecular formula is C16H17N3O2. The first-order valence-electron chi connectivity index (χ1n) is 7.00. The largest absolute Gasteiger partial charge is 0.424 e. The number of ether oxygens (including phenoxy) is 1. The van der Waals surface area contributed by atoms with Crippen LogP contribution in [0.3, 0.4) is 0 Å². The normalized spacial score (nSPS) is 19.9. The van der Waals surface area contributed by atoms with Crippen LogP contribution in [-0.2, 0) is 4.79 Å². The second kappa shape index (κ2) is 5.52. The van der Waals surface area contributed by atoms with Gasteiger partial charge in [-0.15, -0.1) is 0 Å². The molecule has 108 valence electrons. The van der Waals surface area contributed by atoms with Crippen molar-refractivity contribution in [3.05, 3.63) is 42.2 Å². The molecule has 5 nitrogen and oxygen atoms in total. The van der Waals surface area contributed by atoms with Gasteiger partial charge >= 0.3 is 6.01 Å². The lowest BCUT2D eigenvalue weighted by atomic mass is 10.2. The summed E-state index contributed by atoms with van der Waals surface area (Å²) in [6.45, 7) is 4.03. The summed E-state index contributed by atoms with van der Waals surface area (Å²) in [5, 5.41) is 2.97. The van der Waals surface area contributed by atoms with E-state index in [1.54, 1.807) is 24.5 Å². The third-order valence-corrected chi connectivity index (χ3v) is 3.65. The van der Waals surface area contributed by atoms with Crippen LogP contribution in [0.1, 0.15) is 18.9 Å². The van der Waals surface area contributed by atoms with Crippen molar-refractivity contribution in [2.24, 2.45) is 11.8 Å². The van der Waals surface area contributed by atoms with Gasteiger partial charge < -0.3 is 10.1 Å². The summed E-state index contributed by atoms with van der Waals surface area (Å²) in [4.78, 5) is 20.0. The number of hydrogen-bond acceptors (Lipinski definition) is 4. The molecule has 1 fully saturated rings. The van der Waals surface area contributed by atoms with Crippen molar-refractivity contribution in [2.75, 3.05) is 5.32 Å². The fourth-order valence-electron chi connectivity index (χ4n) is 2.20. The minimum Gasteiger partial charge on any atom is -0.424 e. The summed E-state index contributed by atoms with van der Waals surface area (Å²) >= 11 is 0. The molecule has 2 unspecified atom stereocenters. The van der Waals surface area contributed by atoms with Gasteiger partial charge in [-0.3, -0.25) is 4.79 Å². The van der Waals surface area contributed by atoms with Crippen LogP contribution in [0.5, 0.6) is 11.8 Å². The van der Waals surface area contributed by atoms with E-state index >= 15 is 0 Å². The lowest BCUT2D eigenvalue weighted by Crippen LogP contribution is -2.15. The SMILES string of the molecule is Cc1cc(Oc2ncccn2)ccc1NC(=O)C1CC1C. The molecule has 1 heterocycles. The van der Waals surface area contributed by atoms with Gasteiger partial charge in [-0.1, -0.05) is 6.92 Å². The Labute approximate surface area is 123 Å². The second-order valence-electron chi connectivity index (χ2n) is 5.42. The Kier molecular flexibility index (Phi) is 3.56. The molecular weight excluding hydrogens is 266 g/mol. The molecule has 1 saturated carbocycles. The molecule has 1 aromatic carbocycles. The summed E-state index contributed by atoms with van der Waals surface area (Å²) in [6.07, 6.45) is 4.23. The number of benzene rings is 1. The smallest absolute Gasteiger partial charge is 0.321 e. The number of amides is 1. The molecule has 21 heavy (non-hydrogen) atoms. The van der Waals surface area contributed by atoms with E-state index in [2.05, 4.69) is 22.2 Å². The Balaban J connectivity index is 1.69. The van der Waals surface area contributed by atoms with E-state index in [1.807, 2.05) is 19.1 Å². The summed E-state index contributed by atoms with van der Waals surface area (Å²) in [5.74, 6) is 1.42. The van der Waals surface area contributed by atoms with E-state index in [0.29, 0.717) is 17.7 Å². The zero-order valence-electron chi connectivity index (χ0n) is 12.0. The number of nitrogens with zero attached hydrogens (tertiary/aromatic N) is 2. The average molecular weight is 283 g/mol. The van der Waals surface area contributed by atoms with Crippen LogP contribution in [0.4, 0.5) is 5.69 Å². The Morgan fingerprint density at radius 3 is 2.67 bits per heavy atom. The van der Waals surface area contributed by atoms with Gasteiger partial charge in [-0.2, -0.15) is 0 Å². The first-order valence-corrected chi connectivity index (χ1v) is 7.00. The van der Waals surface area contributed by atoms with E-state index < -0.39 is 0 Å². The highest BCUT2D eigenvalue weighted by Crippen LogP contribution is 2.38. The molecule has 1 aliphatic carbocycles. The monoisotopic (exact) mass is 283 g/mol. The van der Waals surface area contributed by atoms with Crippen molar-refractivity contribution in [3.8, 4) is 11.8 Å². The Hall–Kier alpha value is -2.43. The summed E-state index contributed by atoms with van der Waals surface area (Å²) in [7, 11) is 0. The van der Waals surface area contributed by atoms with Crippen LogP contribution in [0.2, 0.25) is 0 Å². The molecule has 1 amide bonds. The lowest BCUT2D eigenvalue weighted by molar-refractivity contribution is -0.117. The summed E-state index contributed by atoms with van der Waals surface area (Å²) in [5.41, 5.74) is 1.77. The zero-order valence-corrected chi connectivity index (χ0v) is 12.0. The van der Waals surface area contributed by atoms with Crippen molar-refractivity contribution >= 4 is 11.6 Å². The van der Waals surface area contributed by atoms with E-state index in [1.165, 1.54) is 0 Å². The standard InChI is InChI=1S/C16H17N3O2/c1-10-9-13(10)15(20)19-14-5-4-12(8-11(14)2)21-16-17-6-3-7-18-16/h3-8,10,13H,9H2,1-2H3,(H,19,20). The summed E-state index contributed by atoms with van der Waals surface area (Å²) < 4.78 is 5.56. The van der Waals surface area contributed by atoms with Gasteiger partial charge in [0.05, 0.1) is 0 Å². The summed E-state index contributed by atoms with van der Waals surface area (Å²) in [6, 6.07) is 7.55. The van der Waals surface area contributed by atoms with Gasteiger partial charge in [0.1, 0.15) is 5.75 Å². The predicted octanol–water partition coefficient (Wildman–Crippen LogP) is 3.17. The molecule has 1 N–H and O–H groups in total. The van der Waals surface area contributed by atoms with Crippen molar-refractivity contribution in [1.29, 1.82) is 0 Å². The van der Waals surface area contributed by atoms with Gasteiger partial charge in [-0.25, -0.2) is 9.97 Å². The molecule has 2 atom stereocenters. The highest BCUT2D eigenvalue weighted by atomic mass is 16.5. The molecule has 3 rings (SSSR count). The molecule has 0 spiro atoms. The molecule has 0 saturated heterocycles. The Morgan fingerprint density at radius 2 is 2.05 bits per heavy atom. The van der Waals surface area contributed by atoms with Gasteiger partial charge in [0.25, 0.3) is 0 Å². The first-order chi connectivity index (χ1) is 10.1. The maximum absolute atomic E-state index is 12.0. The van der Waals surface area contributed by atoms with Crippen molar-refractivity contribution in [2.45, 2.75) is 20.3 Å². The van der Waals surface area contributed by atoms with Crippen LogP contribution >= 0.6 is 0 Å². The molecule has 5 heteroatoms. The number of hydrogen-bond donors (Lipinski definition) is 1. The minimum atomic E-state index is 0.102. The number of aromatic nitrogens is 2. The van der Waals surface area contributed by atoms with E-state index in [-0.39, 0.29) is 11.8 Å². The number of aryl methyl sites for hydroxylation is 1. The highest BCUT2D eigenvalue weighted by molar-refractivity contribution is 5.95. The predicted molar refractivity (Wildman–Crippen MR) is 79.2 cm³/mol. The van der Waals surface area contributed by atoms with Gasteiger partial charge in [0.15, 0.2) is 0 Å². The van der Waals surface area contributed by atoms with E-state index in [9.17, 15) is 4.79 Å². The van der Waals surface area contributed by atoms with E-state index in [4.69, 9.17) is 4.74 Å². The van der Waals surface area contributed by atoms with Crippen molar-refractivity contribution in [1.82, 2.24) is 9.97 Å². The number of anilines is 1. The maximum Gasteiger partial charge on any atom is 0.321 e. The Bertz CT molecular complexity index is 658. The second-order valence-corrected chi connectivity index (χ2v) is 5.42. The number of rotatable bonds is 4. The van der Waals surface area contributed by atoms with Crippen molar-refractivity contribution in [3.63, 3.8) is 0 Å². The maximum atomic E-state index is 12.0. The third kappa shape index (κ3) is 3.18. The number of nitrogens with one attached hydrogen (secondary N) is 1. The third-order valence-electron chi connectivity index (χ3n) is 3.65. The highest BCUT2D eigenvalue weighted by Gasteiger charge is 2.39. The molecule has 1 aromatic heterocycles. The topological polar surface area (TPSA) is 64.1 Å². The van der Waals surface area contributed by atoms with Crippen LogP contribution in [0, 0.1) is 18.8 Å². The molecule has 0 aliphatic heterocycles. The van der Waals surface area contributed by atoms with Crippen LogP contribution in [0.25, 0.3) is 0 Å². The molecule has 2 aromatic rings. The fraction of sp³-hybridized carbons (Fsp3) is 0.312. The zero-order chi connectivity index (χ0) is 14.8. The van der Waals surface area contributed by atoms with Crippen molar-refractivity contribution < 1.29 is 9.53 Å². The Morgan fingerprint density at radius 1 is 1.33 bits per heavy atom. The number of carbonyl (C=O) groups excluding carboxylic acids is 1. The number of carbonyl (C=O) groups is 1.